The van der Waals surface area contributed by atoms with Gasteiger partial charge in [0, 0.05) is 19.3 Å². The van der Waals surface area contributed by atoms with Crippen molar-refractivity contribution in [1.82, 2.24) is 0 Å². The molecule has 0 N–H and O–H groups in total. The van der Waals surface area contributed by atoms with E-state index in [1.807, 2.05) is 0 Å². The summed E-state index contributed by atoms with van der Waals surface area (Å²) in [6.45, 7) is 6.52. The van der Waals surface area contributed by atoms with Crippen LogP contribution in [-0.4, -0.2) is 37.2 Å². The molecule has 0 rings (SSSR count). The van der Waals surface area contributed by atoms with Gasteiger partial charge in [0.05, 0.1) is 0 Å². The molecule has 0 saturated carbocycles. The average Bonchev–Trinajstić information content (AvgIpc) is 3.37. The molecule has 0 saturated heterocycles. The summed E-state index contributed by atoms with van der Waals surface area (Å²) in [7, 11) is 0. The molecule has 1 unspecified atom stereocenters. The molecule has 6 heteroatoms. The molecular weight excluding hydrogens is 877 g/mol. The van der Waals surface area contributed by atoms with E-state index in [4.69, 9.17) is 14.2 Å². The molecule has 0 aromatic rings. The lowest BCUT2D eigenvalue weighted by Crippen LogP contribution is -2.30. The first kappa shape index (κ1) is 67.8. The molecule has 0 aromatic carbocycles. The summed E-state index contributed by atoms with van der Waals surface area (Å²) < 4.78 is 16.8. The molecule has 0 amide bonds. The van der Waals surface area contributed by atoms with Crippen molar-refractivity contribution >= 4 is 17.9 Å². The largest absolute Gasteiger partial charge is 0.462 e. The van der Waals surface area contributed by atoms with Gasteiger partial charge < -0.3 is 14.2 Å². The number of rotatable bonds is 55. The van der Waals surface area contributed by atoms with Crippen LogP contribution in [0.4, 0.5) is 0 Å². The summed E-state index contributed by atoms with van der Waals surface area (Å²) in [6.07, 6.45) is 76.2. The van der Waals surface area contributed by atoms with E-state index in [-0.39, 0.29) is 31.1 Å². The first-order valence-electron chi connectivity index (χ1n) is 30.4. The van der Waals surface area contributed by atoms with Gasteiger partial charge in [0.2, 0.25) is 0 Å². The fourth-order valence-electron chi connectivity index (χ4n) is 8.68. The third kappa shape index (κ3) is 57.6. The molecule has 410 valence electrons. The Hall–Kier alpha value is -3.15. The number of esters is 3. The molecule has 0 aliphatic carbocycles. The van der Waals surface area contributed by atoms with Crippen LogP contribution in [0.2, 0.25) is 0 Å². The Morgan fingerprint density at radius 1 is 0.296 bits per heavy atom. The second-order valence-electron chi connectivity index (χ2n) is 20.2. The van der Waals surface area contributed by atoms with Crippen molar-refractivity contribution in [3.05, 3.63) is 72.9 Å². The second kappa shape index (κ2) is 59.4. The van der Waals surface area contributed by atoms with E-state index < -0.39 is 6.10 Å². The standard InChI is InChI=1S/C65H114O6/c1-4-7-10-13-16-19-21-23-25-27-29-31-32-34-35-37-39-41-43-46-49-52-55-58-64(67)70-61-62(60-69-63(66)57-54-51-48-45-18-15-12-9-6-3)71-65(68)59-56-53-50-47-44-42-40-38-36-33-30-28-26-24-22-20-17-14-11-8-5-2/h7,10,16,19,23,25,29,31,34-35,39,41,62H,4-6,8-9,11-15,17-18,20-22,24,26-28,30,32-33,36-38,40,42-61H2,1-3H3/b10-7-,19-16-,25-23-,31-29-,35-34-,41-39-. The molecule has 0 fully saturated rings. The van der Waals surface area contributed by atoms with Crippen LogP contribution in [0.15, 0.2) is 72.9 Å². The van der Waals surface area contributed by atoms with E-state index in [0.717, 1.165) is 109 Å². The lowest BCUT2D eigenvalue weighted by molar-refractivity contribution is -0.167. The molecule has 0 spiro atoms. The number of allylic oxidation sites excluding steroid dienone is 12. The number of unbranched alkanes of at least 4 members (excludes halogenated alkanes) is 32. The van der Waals surface area contributed by atoms with Crippen LogP contribution < -0.4 is 0 Å². The maximum atomic E-state index is 12.9. The zero-order valence-electron chi connectivity index (χ0n) is 47.0. The Morgan fingerprint density at radius 2 is 0.549 bits per heavy atom. The number of ether oxygens (including phenoxy) is 3. The van der Waals surface area contributed by atoms with E-state index in [1.54, 1.807) is 0 Å². The van der Waals surface area contributed by atoms with Gasteiger partial charge in [0.25, 0.3) is 0 Å². The highest BCUT2D eigenvalue weighted by atomic mass is 16.6. The van der Waals surface area contributed by atoms with Crippen molar-refractivity contribution in [2.75, 3.05) is 13.2 Å². The van der Waals surface area contributed by atoms with Gasteiger partial charge in [-0.2, -0.15) is 0 Å². The lowest BCUT2D eigenvalue weighted by atomic mass is 10.0. The molecule has 0 aliphatic heterocycles. The predicted octanol–water partition coefficient (Wildman–Crippen LogP) is 20.5. The normalized spacial score (nSPS) is 12.5. The van der Waals surface area contributed by atoms with Crippen LogP contribution in [0.25, 0.3) is 0 Å². The second-order valence-corrected chi connectivity index (χ2v) is 20.2. The van der Waals surface area contributed by atoms with E-state index in [2.05, 4.69) is 93.7 Å². The average molecular weight is 992 g/mol. The maximum absolute atomic E-state index is 12.9. The van der Waals surface area contributed by atoms with Gasteiger partial charge in [0.1, 0.15) is 13.2 Å². The number of hydrogen-bond donors (Lipinski definition) is 0. The van der Waals surface area contributed by atoms with Gasteiger partial charge in [-0.15, -0.1) is 0 Å². The van der Waals surface area contributed by atoms with E-state index in [0.29, 0.717) is 19.3 Å². The molecule has 0 aliphatic rings. The van der Waals surface area contributed by atoms with E-state index >= 15 is 0 Å². The van der Waals surface area contributed by atoms with Crippen molar-refractivity contribution in [1.29, 1.82) is 0 Å². The van der Waals surface area contributed by atoms with Gasteiger partial charge in [0.15, 0.2) is 6.10 Å². The quantitative estimate of drug-likeness (QED) is 0.0261. The summed E-state index contributed by atoms with van der Waals surface area (Å²) in [5.41, 5.74) is 0. The summed E-state index contributed by atoms with van der Waals surface area (Å²) >= 11 is 0. The van der Waals surface area contributed by atoms with E-state index in [1.165, 1.54) is 154 Å². The Bertz CT molecular complexity index is 1320. The van der Waals surface area contributed by atoms with Crippen molar-refractivity contribution in [3.63, 3.8) is 0 Å². The Morgan fingerprint density at radius 3 is 0.859 bits per heavy atom. The van der Waals surface area contributed by atoms with Gasteiger partial charge in [-0.05, 0) is 70.6 Å². The van der Waals surface area contributed by atoms with E-state index in [9.17, 15) is 14.4 Å². The smallest absolute Gasteiger partial charge is 0.306 e. The number of carbonyl (C=O) groups excluding carboxylic acids is 3. The first-order valence-corrected chi connectivity index (χ1v) is 30.4. The Balaban J connectivity index is 4.28. The molecule has 0 aromatic heterocycles. The molecule has 0 radical (unpaired) electrons. The third-order valence-electron chi connectivity index (χ3n) is 13.2. The summed E-state index contributed by atoms with van der Waals surface area (Å²) in [5, 5.41) is 0. The maximum Gasteiger partial charge on any atom is 0.306 e. The van der Waals surface area contributed by atoms with Crippen molar-refractivity contribution in [2.24, 2.45) is 0 Å². The van der Waals surface area contributed by atoms with Crippen LogP contribution in [0, 0.1) is 0 Å². The minimum atomic E-state index is -0.783. The van der Waals surface area contributed by atoms with Crippen LogP contribution in [0.5, 0.6) is 0 Å². The SMILES string of the molecule is CC/C=C\C/C=C\C/C=C\C/C=C\C/C=C\C/C=C\CCCCCCC(=O)OCC(COC(=O)CCCCCCCCCCC)OC(=O)CCCCCCCCCCCCCCCCCCCCCCC. The van der Waals surface area contributed by atoms with Crippen LogP contribution in [0.1, 0.15) is 303 Å². The van der Waals surface area contributed by atoms with Crippen LogP contribution in [-0.2, 0) is 28.6 Å². The molecule has 0 heterocycles. The summed E-state index contributed by atoms with van der Waals surface area (Å²) in [4.78, 5) is 38.1. The molecule has 71 heavy (non-hydrogen) atoms. The van der Waals surface area contributed by atoms with Crippen LogP contribution in [0.3, 0.4) is 0 Å². The monoisotopic (exact) mass is 991 g/mol. The molecule has 6 nitrogen and oxygen atoms in total. The highest BCUT2D eigenvalue weighted by Crippen LogP contribution is 2.17. The van der Waals surface area contributed by atoms with Crippen molar-refractivity contribution in [3.8, 4) is 0 Å². The van der Waals surface area contributed by atoms with Gasteiger partial charge in [-0.1, -0.05) is 286 Å². The summed E-state index contributed by atoms with van der Waals surface area (Å²) in [6, 6.07) is 0. The fraction of sp³-hybridized carbons (Fsp3) is 0.769. The zero-order valence-corrected chi connectivity index (χ0v) is 47.0. The zero-order chi connectivity index (χ0) is 51.4. The molecular formula is C65H114O6. The fourth-order valence-corrected chi connectivity index (χ4v) is 8.68. The van der Waals surface area contributed by atoms with Crippen LogP contribution >= 0.6 is 0 Å². The van der Waals surface area contributed by atoms with Crippen molar-refractivity contribution < 1.29 is 28.6 Å². The van der Waals surface area contributed by atoms with Gasteiger partial charge in [-0.3, -0.25) is 14.4 Å². The first-order chi connectivity index (χ1) is 35.0. The minimum absolute atomic E-state index is 0.0802. The molecule has 1 atom stereocenters. The van der Waals surface area contributed by atoms with Gasteiger partial charge in [-0.25, -0.2) is 0 Å². The highest BCUT2D eigenvalue weighted by molar-refractivity contribution is 5.71. The third-order valence-corrected chi connectivity index (χ3v) is 13.2. The lowest BCUT2D eigenvalue weighted by Gasteiger charge is -2.18. The highest BCUT2D eigenvalue weighted by Gasteiger charge is 2.19. The minimum Gasteiger partial charge on any atom is -0.462 e. The predicted molar refractivity (Wildman–Crippen MR) is 307 cm³/mol. The number of carbonyl (C=O) groups is 3. The Kier molecular flexibility index (Phi) is 56.8. The Labute approximate surface area is 440 Å². The summed E-state index contributed by atoms with van der Waals surface area (Å²) in [5.74, 6) is -0.896. The molecule has 0 bridgehead atoms. The number of hydrogen-bond acceptors (Lipinski definition) is 6. The van der Waals surface area contributed by atoms with Crippen molar-refractivity contribution in [2.45, 2.75) is 309 Å². The van der Waals surface area contributed by atoms with Gasteiger partial charge >= 0.3 is 17.9 Å². The topological polar surface area (TPSA) is 78.9 Å².